The molecule has 1 rings (SSSR count). The average molecular weight is 235 g/mol. The fourth-order valence-corrected chi connectivity index (χ4v) is 1.09. The molecule has 0 bridgehead atoms. The summed E-state index contributed by atoms with van der Waals surface area (Å²) in [7, 11) is 0. The highest BCUT2D eigenvalue weighted by atomic mass is 16.5. The lowest BCUT2D eigenvalue weighted by Crippen LogP contribution is -2.13. The predicted molar refractivity (Wildman–Crippen MR) is 62.4 cm³/mol. The van der Waals surface area contributed by atoms with Crippen LogP contribution in [0.1, 0.15) is 19.4 Å². The van der Waals surface area contributed by atoms with Gasteiger partial charge < -0.3 is 9.84 Å². The molecule has 0 saturated carbocycles. The summed E-state index contributed by atoms with van der Waals surface area (Å²) in [4.78, 5) is 25.3. The molecule has 0 saturated heterocycles. The van der Waals surface area contributed by atoms with Crippen molar-refractivity contribution >= 4 is 18.2 Å². The highest BCUT2D eigenvalue weighted by molar-refractivity contribution is 5.87. The number of nitrogens with zero attached hydrogens (tertiary/aromatic N) is 1. The van der Waals surface area contributed by atoms with Crippen molar-refractivity contribution in [1.82, 2.24) is 0 Å². The average Bonchev–Trinajstić information content (AvgIpc) is 2.26. The molecule has 0 unspecified atom stereocenters. The number of aliphatic carboxylic acids is 1. The molecule has 0 fully saturated rings. The van der Waals surface area contributed by atoms with Crippen LogP contribution in [0.15, 0.2) is 29.3 Å². The molecule has 0 aliphatic rings. The van der Waals surface area contributed by atoms with Crippen LogP contribution in [0.25, 0.3) is 0 Å². The zero-order chi connectivity index (χ0) is 12.8. The van der Waals surface area contributed by atoms with Gasteiger partial charge in [0.15, 0.2) is 0 Å². The van der Waals surface area contributed by atoms with Crippen LogP contribution in [0.5, 0.6) is 5.75 Å². The van der Waals surface area contributed by atoms with E-state index in [1.165, 1.54) is 20.1 Å². The van der Waals surface area contributed by atoms with Gasteiger partial charge in [-0.15, -0.1) is 0 Å². The Morgan fingerprint density at radius 3 is 2.65 bits per heavy atom. The minimum Gasteiger partial charge on any atom is -0.480 e. The van der Waals surface area contributed by atoms with Crippen LogP contribution in [0.3, 0.4) is 0 Å². The standard InChI is InChI=1S/C12H13NO4/c1-8(12(15)16)13-7-10-5-3-4-6-11(10)17-9(2)14/h3-8H,1-2H3,(H,15,16)/t8-/m0/s1. The third-order valence-corrected chi connectivity index (χ3v) is 1.97. The lowest BCUT2D eigenvalue weighted by Gasteiger charge is -2.05. The van der Waals surface area contributed by atoms with Gasteiger partial charge in [0.25, 0.3) is 0 Å². The van der Waals surface area contributed by atoms with Crippen LogP contribution in [0, 0.1) is 0 Å². The third-order valence-electron chi connectivity index (χ3n) is 1.97. The maximum absolute atomic E-state index is 10.9. The zero-order valence-corrected chi connectivity index (χ0v) is 9.58. The van der Waals surface area contributed by atoms with E-state index in [1.807, 2.05) is 0 Å². The van der Waals surface area contributed by atoms with Crippen LogP contribution in [-0.4, -0.2) is 29.3 Å². The van der Waals surface area contributed by atoms with Crippen molar-refractivity contribution in [2.24, 2.45) is 4.99 Å². The van der Waals surface area contributed by atoms with Gasteiger partial charge in [-0.25, -0.2) is 4.79 Å². The molecule has 1 N–H and O–H groups in total. The maximum Gasteiger partial charge on any atom is 0.328 e. The molecule has 0 radical (unpaired) electrons. The maximum atomic E-state index is 10.9. The number of carboxylic acid groups (broad SMARTS) is 1. The molecule has 0 aromatic heterocycles. The van der Waals surface area contributed by atoms with Gasteiger partial charge >= 0.3 is 11.9 Å². The van der Waals surface area contributed by atoms with Crippen LogP contribution in [0.2, 0.25) is 0 Å². The molecule has 0 aliphatic heterocycles. The van der Waals surface area contributed by atoms with Gasteiger partial charge in [-0.1, -0.05) is 12.1 Å². The lowest BCUT2D eigenvalue weighted by atomic mass is 10.2. The minimum atomic E-state index is -1.01. The molecule has 5 heteroatoms. The third kappa shape index (κ3) is 4.06. The predicted octanol–water partition coefficient (Wildman–Crippen LogP) is 1.50. The van der Waals surface area contributed by atoms with Gasteiger partial charge in [-0.3, -0.25) is 9.79 Å². The summed E-state index contributed by atoms with van der Waals surface area (Å²) in [5, 5.41) is 8.68. The molecule has 0 heterocycles. The van der Waals surface area contributed by atoms with Crippen molar-refractivity contribution in [2.45, 2.75) is 19.9 Å². The summed E-state index contributed by atoms with van der Waals surface area (Å²) < 4.78 is 4.96. The molecular formula is C12H13NO4. The lowest BCUT2D eigenvalue weighted by molar-refractivity contribution is -0.138. The molecule has 0 spiro atoms. The molecule has 90 valence electrons. The van der Waals surface area contributed by atoms with E-state index < -0.39 is 18.0 Å². The summed E-state index contributed by atoms with van der Waals surface area (Å²) in [5.74, 6) is -1.08. The fraction of sp³-hybridized carbons (Fsp3) is 0.250. The Hall–Kier alpha value is -2.17. The summed E-state index contributed by atoms with van der Waals surface area (Å²) in [6, 6.07) is 5.95. The van der Waals surface area contributed by atoms with E-state index in [0.29, 0.717) is 11.3 Å². The Balaban J connectivity index is 2.90. The number of hydrogen-bond donors (Lipinski definition) is 1. The van der Waals surface area contributed by atoms with Crippen molar-refractivity contribution < 1.29 is 19.4 Å². The SMILES string of the molecule is CC(=O)Oc1ccccc1C=N[C@@H](C)C(=O)O. The van der Waals surface area contributed by atoms with E-state index in [9.17, 15) is 9.59 Å². The molecule has 1 atom stereocenters. The minimum absolute atomic E-state index is 0.362. The molecular weight excluding hydrogens is 222 g/mol. The van der Waals surface area contributed by atoms with E-state index in [0.717, 1.165) is 0 Å². The molecule has 1 aromatic rings. The number of esters is 1. The van der Waals surface area contributed by atoms with Crippen molar-refractivity contribution in [3.8, 4) is 5.75 Å². The van der Waals surface area contributed by atoms with Crippen molar-refractivity contribution in [2.75, 3.05) is 0 Å². The van der Waals surface area contributed by atoms with Crippen molar-refractivity contribution in [3.63, 3.8) is 0 Å². The number of carboxylic acids is 1. The van der Waals surface area contributed by atoms with Crippen LogP contribution in [-0.2, 0) is 9.59 Å². The second-order valence-electron chi connectivity index (χ2n) is 3.42. The van der Waals surface area contributed by atoms with E-state index in [4.69, 9.17) is 9.84 Å². The number of benzene rings is 1. The molecule has 0 amide bonds. The van der Waals surface area contributed by atoms with Crippen LogP contribution >= 0.6 is 0 Å². The highest BCUT2D eigenvalue weighted by Crippen LogP contribution is 2.16. The number of rotatable bonds is 4. The molecule has 0 aliphatic carbocycles. The summed E-state index contributed by atoms with van der Waals surface area (Å²) in [6.07, 6.45) is 1.39. The van der Waals surface area contributed by atoms with Gasteiger partial charge in [0.05, 0.1) is 0 Å². The normalized spacial score (nSPS) is 12.4. The van der Waals surface area contributed by atoms with E-state index in [2.05, 4.69) is 4.99 Å². The van der Waals surface area contributed by atoms with Gasteiger partial charge in [0.2, 0.25) is 0 Å². The van der Waals surface area contributed by atoms with Gasteiger partial charge in [-0.2, -0.15) is 0 Å². The number of hydrogen-bond acceptors (Lipinski definition) is 4. The number of carbonyl (C=O) groups excluding carboxylic acids is 1. The summed E-state index contributed by atoms with van der Waals surface area (Å²) in [6.45, 7) is 2.76. The zero-order valence-electron chi connectivity index (χ0n) is 9.58. The first-order chi connectivity index (χ1) is 8.00. The van der Waals surface area contributed by atoms with E-state index >= 15 is 0 Å². The number of para-hydroxylation sites is 1. The van der Waals surface area contributed by atoms with Crippen LogP contribution in [0.4, 0.5) is 0 Å². The first-order valence-corrected chi connectivity index (χ1v) is 5.04. The van der Waals surface area contributed by atoms with Gasteiger partial charge in [0, 0.05) is 18.7 Å². The molecule has 5 nitrogen and oxygen atoms in total. The quantitative estimate of drug-likeness (QED) is 0.487. The Labute approximate surface area is 98.7 Å². The topological polar surface area (TPSA) is 76.0 Å². The Kier molecular flexibility index (Phi) is 4.39. The van der Waals surface area contributed by atoms with Crippen molar-refractivity contribution in [3.05, 3.63) is 29.8 Å². The number of aliphatic imine (C=N–C) groups is 1. The second-order valence-corrected chi connectivity index (χ2v) is 3.42. The Bertz CT molecular complexity index is 454. The Morgan fingerprint density at radius 2 is 2.06 bits per heavy atom. The first kappa shape index (κ1) is 12.9. The number of carbonyl (C=O) groups is 2. The highest BCUT2D eigenvalue weighted by Gasteiger charge is 2.08. The summed E-state index contributed by atoms with van der Waals surface area (Å²) >= 11 is 0. The van der Waals surface area contributed by atoms with E-state index in [1.54, 1.807) is 24.3 Å². The van der Waals surface area contributed by atoms with Crippen molar-refractivity contribution in [1.29, 1.82) is 0 Å². The fourth-order valence-electron chi connectivity index (χ4n) is 1.09. The van der Waals surface area contributed by atoms with Crippen LogP contribution < -0.4 is 4.74 Å². The number of ether oxygens (including phenoxy) is 1. The summed E-state index contributed by atoms with van der Waals surface area (Å²) in [5.41, 5.74) is 0.566. The molecule has 17 heavy (non-hydrogen) atoms. The van der Waals surface area contributed by atoms with E-state index in [-0.39, 0.29) is 0 Å². The Morgan fingerprint density at radius 1 is 1.41 bits per heavy atom. The largest absolute Gasteiger partial charge is 0.480 e. The van der Waals surface area contributed by atoms with Gasteiger partial charge in [-0.05, 0) is 19.1 Å². The monoisotopic (exact) mass is 235 g/mol. The first-order valence-electron chi connectivity index (χ1n) is 5.04. The smallest absolute Gasteiger partial charge is 0.328 e. The molecule has 1 aromatic carbocycles. The second kappa shape index (κ2) is 5.79. The van der Waals surface area contributed by atoms with Gasteiger partial charge in [0.1, 0.15) is 11.8 Å².